The average Bonchev–Trinajstić information content (AvgIpc) is 3.09. The Balaban J connectivity index is 1.28. The number of thiophene rings is 1. The van der Waals surface area contributed by atoms with Gasteiger partial charge >= 0.3 is 0 Å². The molecule has 2 N–H and O–H groups in total. The van der Waals surface area contributed by atoms with Crippen molar-refractivity contribution >= 4 is 39.2 Å². The highest BCUT2D eigenvalue weighted by Gasteiger charge is 2.19. The first-order valence-electron chi connectivity index (χ1n) is 9.73. The van der Waals surface area contributed by atoms with E-state index < -0.39 is 0 Å². The molecule has 0 atom stereocenters. The van der Waals surface area contributed by atoms with Gasteiger partial charge in [0.15, 0.2) is 0 Å². The summed E-state index contributed by atoms with van der Waals surface area (Å²) in [6.45, 7) is 0.185. The van der Waals surface area contributed by atoms with E-state index in [1.807, 2.05) is 0 Å². The molecule has 1 aliphatic carbocycles. The summed E-state index contributed by atoms with van der Waals surface area (Å²) in [5.41, 5.74) is 1.62. The van der Waals surface area contributed by atoms with Gasteiger partial charge in [0, 0.05) is 29.2 Å². The normalized spacial score (nSPS) is 13.4. The third-order valence-corrected chi connectivity index (χ3v) is 7.18. The third-order valence-electron chi connectivity index (χ3n) is 5.02. The second kappa shape index (κ2) is 9.09. The van der Waals surface area contributed by atoms with Gasteiger partial charge in [-0.3, -0.25) is 9.59 Å². The van der Waals surface area contributed by atoms with Gasteiger partial charge < -0.3 is 10.3 Å². The van der Waals surface area contributed by atoms with Crippen LogP contribution in [0.1, 0.15) is 41.1 Å². The minimum absolute atomic E-state index is 0.0485. The second-order valence-electron chi connectivity index (χ2n) is 7.07. The van der Waals surface area contributed by atoms with Crippen LogP contribution in [0.25, 0.3) is 10.2 Å². The molecule has 2 heterocycles. The number of aromatic amines is 1. The lowest BCUT2D eigenvalue weighted by Gasteiger charge is -2.09. The Labute approximate surface area is 176 Å². The van der Waals surface area contributed by atoms with E-state index in [1.54, 1.807) is 41.3 Å². The summed E-state index contributed by atoms with van der Waals surface area (Å²) in [6, 6.07) is 6.41. The minimum atomic E-state index is -0.317. The van der Waals surface area contributed by atoms with Gasteiger partial charge in [0.05, 0.1) is 11.1 Å². The Bertz CT molecular complexity index is 1090. The lowest BCUT2D eigenvalue weighted by molar-refractivity contribution is -0.120. The first kappa shape index (κ1) is 20.1. The first-order chi connectivity index (χ1) is 14.1. The number of thioether (sulfide) groups is 1. The predicted molar refractivity (Wildman–Crippen MR) is 116 cm³/mol. The van der Waals surface area contributed by atoms with Crippen molar-refractivity contribution in [3.05, 3.63) is 62.3 Å². The zero-order valence-electron chi connectivity index (χ0n) is 15.9. The van der Waals surface area contributed by atoms with Crippen LogP contribution in [0.4, 0.5) is 4.39 Å². The molecular formula is C21H22FN3O2S2. The van der Waals surface area contributed by atoms with Crippen LogP contribution in [-0.2, 0) is 29.9 Å². The number of benzene rings is 1. The summed E-state index contributed by atoms with van der Waals surface area (Å²) in [5.74, 6) is 1.37. The predicted octanol–water partition coefficient (Wildman–Crippen LogP) is 3.94. The molecule has 5 nitrogen and oxygen atoms in total. The number of nitrogens with zero attached hydrogens (tertiary/aromatic N) is 1. The molecule has 2 aromatic heterocycles. The van der Waals surface area contributed by atoms with E-state index in [-0.39, 0.29) is 23.8 Å². The number of aryl methyl sites for hydroxylation is 2. The molecule has 1 aliphatic rings. The number of halogens is 1. The molecule has 0 radical (unpaired) electrons. The Kier molecular flexibility index (Phi) is 6.30. The molecule has 1 aromatic carbocycles. The average molecular weight is 432 g/mol. The number of hydrogen-bond donors (Lipinski definition) is 2. The van der Waals surface area contributed by atoms with Crippen LogP contribution in [0.5, 0.6) is 0 Å². The Morgan fingerprint density at radius 1 is 1.28 bits per heavy atom. The standard InChI is InChI=1S/C21H22FN3O2S2/c22-15-7-3-1-5-13(15)11-23-18(26)9-10-28-12-17-24-20(27)19-14-6-2-4-8-16(14)29-21(19)25-17/h1,3,5,7H,2,4,6,8-12H2,(H,23,26)(H,24,25,27). The maximum Gasteiger partial charge on any atom is 0.259 e. The van der Waals surface area contributed by atoms with Gasteiger partial charge in [-0.2, -0.15) is 11.8 Å². The molecule has 0 aliphatic heterocycles. The van der Waals surface area contributed by atoms with Crippen LogP contribution in [-0.4, -0.2) is 21.6 Å². The van der Waals surface area contributed by atoms with E-state index in [1.165, 1.54) is 22.9 Å². The molecule has 8 heteroatoms. The molecule has 29 heavy (non-hydrogen) atoms. The highest BCUT2D eigenvalue weighted by Crippen LogP contribution is 2.33. The van der Waals surface area contributed by atoms with Crippen molar-refractivity contribution in [1.29, 1.82) is 0 Å². The summed E-state index contributed by atoms with van der Waals surface area (Å²) in [7, 11) is 0. The number of carbonyl (C=O) groups excluding carboxylic acids is 1. The number of aromatic nitrogens is 2. The highest BCUT2D eigenvalue weighted by atomic mass is 32.2. The lowest BCUT2D eigenvalue weighted by Crippen LogP contribution is -2.23. The van der Waals surface area contributed by atoms with Crippen LogP contribution in [0.3, 0.4) is 0 Å². The number of fused-ring (bicyclic) bond motifs is 3. The smallest absolute Gasteiger partial charge is 0.259 e. The van der Waals surface area contributed by atoms with Gasteiger partial charge in [-0.1, -0.05) is 18.2 Å². The molecule has 152 valence electrons. The van der Waals surface area contributed by atoms with Crippen molar-refractivity contribution in [2.45, 2.75) is 44.4 Å². The van der Waals surface area contributed by atoms with Crippen molar-refractivity contribution in [2.24, 2.45) is 0 Å². The maximum absolute atomic E-state index is 13.6. The summed E-state index contributed by atoms with van der Waals surface area (Å²) in [5, 5.41) is 3.50. The zero-order chi connectivity index (χ0) is 20.2. The lowest BCUT2D eigenvalue weighted by atomic mass is 9.97. The number of H-pyrrole nitrogens is 1. The Hall–Kier alpha value is -2.19. The molecule has 4 rings (SSSR count). The summed E-state index contributed by atoms with van der Waals surface area (Å²) >= 11 is 3.19. The van der Waals surface area contributed by atoms with Gasteiger partial charge in [-0.05, 0) is 37.3 Å². The van der Waals surface area contributed by atoms with Gasteiger partial charge in [-0.25, -0.2) is 9.37 Å². The number of hydrogen-bond acceptors (Lipinski definition) is 5. The minimum Gasteiger partial charge on any atom is -0.352 e. The van der Waals surface area contributed by atoms with Crippen LogP contribution in [0.2, 0.25) is 0 Å². The number of carbonyl (C=O) groups is 1. The fourth-order valence-corrected chi connectivity index (χ4v) is 5.62. The van der Waals surface area contributed by atoms with E-state index >= 15 is 0 Å². The van der Waals surface area contributed by atoms with E-state index in [0.29, 0.717) is 29.3 Å². The van der Waals surface area contributed by atoms with Crippen molar-refractivity contribution < 1.29 is 9.18 Å². The van der Waals surface area contributed by atoms with Gasteiger partial charge in [0.2, 0.25) is 5.91 Å². The van der Waals surface area contributed by atoms with Gasteiger partial charge in [-0.15, -0.1) is 11.3 Å². The van der Waals surface area contributed by atoms with Crippen LogP contribution < -0.4 is 10.9 Å². The number of rotatable bonds is 7. The summed E-state index contributed by atoms with van der Waals surface area (Å²) < 4.78 is 13.6. The molecule has 3 aromatic rings. The molecule has 0 bridgehead atoms. The van der Waals surface area contributed by atoms with Crippen molar-refractivity contribution in [2.75, 3.05) is 5.75 Å². The van der Waals surface area contributed by atoms with Crippen molar-refractivity contribution in [3.63, 3.8) is 0 Å². The molecule has 0 fully saturated rings. The molecule has 0 saturated heterocycles. The largest absolute Gasteiger partial charge is 0.352 e. The van der Waals surface area contributed by atoms with Gasteiger partial charge in [0.25, 0.3) is 5.56 Å². The fourth-order valence-electron chi connectivity index (χ4n) is 3.53. The van der Waals surface area contributed by atoms with Crippen molar-refractivity contribution in [3.8, 4) is 0 Å². The Morgan fingerprint density at radius 3 is 2.97 bits per heavy atom. The molecule has 0 saturated carbocycles. The van der Waals surface area contributed by atoms with Crippen LogP contribution in [0, 0.1) is 5.82 Å². The quantitative estimate of drug-likeness (QED) is 0.556. The molecule has 1 amide bonds. The van der Waals surface area contributed by atoms with E-state index in [0.717, 1.165) is 29.5 Å². The summed E-state index contributed by atoms with van der Waals surface area (Å²) in [6.07, 6.45) is 4.66. The highest BCUT2D eigenvalue weighted by molar-refractivity contribution is 7.98. The van der Waals surface area contributed by atoms with E-state index in [9.17, 15) is 14.0 Å². The maximum atomic E-state index is 13.6. The SMILES string of the molecule is O=C(CCSCc1nc2sc3c(c2c(=O)[nH]1)CCCC3)NCc1ccccc1F. The van der Waals surface area contributed by atoms with Gasteiger partial charge in [0.1, 0.15) is 16.5 Å². The monoisotopic (exact) mass is 431 g/mol. The van der Waals surface area contributed by atoms with Crippen LogP contribution in [0.15, 0.2) is 29.1 Å². The number of nitrogens with one attached hydrogen (secondary N) is 2. The molecule has 0 unspecified atom stereocenters. The number of amides is 1. The second-order valence-corrected chi connectivity index (χ2v) is 9.26. The van der Waals surface area contributed by atoms with Crippen LogP contribution >= 0.6 is 23.1 Å². The fraction of sp³-hybridized carbons (Fsp3) is 0.381. The first-order valence-corrected chi connectivity index (χ1v) is 11.7. The molecule has 0 spiro atoms. The van der Waals surface area contributed by atoms with Crippen molar-refractivity contribution in [1.82, 2.24) is 15.3 Å². The van der Waals surface area contributed by atoms with E-state index in [4.69, 9.17) is 0 Å². The zero-order valence-corrected chi connectivity index (χ0v) is 17.6. The molecular weight excluding hydrogens is 409 g/mol. The topological polar surface area (TPSA) is 74.8 Å². The summed E-state index contributed by atoms with van der Waals surface area (Å²) in [4.78, 5) is 34.2. The third kappa shape index (κ3) is 4.70. The van der Waals surface area contributed by atoms with E-state index in [2.05, 4.69) is 15.3 Å². The Morgan fingerprint density at radius 2 is 2.10 bits per heavy atom.